The highest BCUT2D eigenvalue weighted by Crippen LogP contribution is 2.40. The molecule has 3 N–H and O–H groups in total. The molecule has 0 radical (unpaired) electrons. The Kier molecular flexibility index (Phi) is 7.22. The molecular formula is C29H40N6. The van der Waals surface area contributed by atoms with E-state index in [4.69, 9.17) is 5.73 Å². The molecule has 186 valence electrons. The molecule has 1 aliphatic carbocycles. The number of hydrogen-bond donors (Lipinski definition) is 2. The van der Waals surface area contributed by atoms with Crippen LogP contribution in [-0.2, 0) is 0 Å². The van der Waals surface area contributed by atoms with Crippen molar-refractivity contribution in [2.45, 2.75) is 51.4 Å². The normalized spacial score (nSPS) is 22.3. The van der Waals surface area contributed by atoms with Gasteiger partial charge in [0.15, 0.2) is 0 Å². The second-order valence-corrected chi connectivity index (χ2v) is 10.1. The summed E-state index contributed by atoms with van der Waals surface area (Å²) in [6.07, 6.45) is 11.5. The van der Waals surface area contributed by atoms with Crippen molar-refractivity contribution in [1.82, 2.24) is 20.1 Å². The molecule has 1 fully saturated rings. The van der Waals surface area contributed by atoms with Gasteiger partial charge in [0.25, 0.3) is 0 Å². The summed E-state index contributed by atoms with van der Waals surface area (Å²) in [7, 11) is 6.21. The Morgan fingerprint density at radius 2 is 1.91 bits per heavy atom. The average molecular weight is 473 g/mol. The summed E-state index contributed by atoms with van der Waals surface area (Å²) in [4.78, 5) is 4.42. The molecule has 2 heterocycles. The largest absolute Gasteiger partial charge is 0.365 e. The average Bonchev–Trinajstić information content (AvgIpc) is 3.61. The minimum absolute atomic E-state index is 0.0518. The van der Waals surface area contributed by atoms with Crippen molar-refractivity contribution >= 4 is 6.21 Å². The molecule has 1 aromatic carbocycles. The van der Waals surface area contributed by atoms with Gasteiger partial charge in [-0.05, 0) is 55.4 Å². The quantitative estimate of drug-likeness (QED) is 0.513. The van der Waals surface area contributed by atoms with E-state index in [0.717, 1.165) is 34.7 Å². The Morgan fingerprint density at radius 3 is 2.46 bits per heavy atom. The monoisotopic (exact) mass is 472 g/mol. The van der Waals surface area contributed by atoms with Crippen LogP contribution in [0.25, 0.3) is 0 Å². The van der Waals surface area contributed by atoms with Gasteiger partial charge in [0.2, 0.25) is 0 Å². The first-order valence-corrected chi connectivity index (χ1v) is 12.5. The molecular weight excluding hydrogens is 432 g/mol. The molecule has 0 saturated heterocycles. The summed E-state index contributed by atoms with van der Waals surface area (Å²) in [5.74, 6) is 0.506. The number of nitrogens with one attached hydrogen (secondary N) is 1. The lowest BCUT2D eigenvalue weighted by molar-refractivity contribution is 0.236. The fourth-order valence-electron chi connectivity index (χ4n) is 4.87. The van der Waals surface area contributed by atoms with Crippen LogP contribution in [0.5, 0.6) is 0 Å². The van der Waals surface area contributed by atoms with Gasteiger partial charge in [0.05, 0.1) is 11.7 Å². The predicted octanol–water partition coefficient (Wildman–Crippen LogP) is 4.63. The van der Waals surface area contributed by atoms with Crippen LogP contribution < -0.4 is 11.1 Å². The van der Waals surface area contributed by atoms with Gasteiger partial charge in [-0.2, -0.15) is 5.10 Å². The molecule has 6 nitrogen and oxygen atoms in total. The van der Waals surface area contributed by atoms with Crippen molar-refractivity contribution in [2.75, 3.05) is 21.1 Å². The molecule has 35 heavy (non-hydrogen) atoms. The molecule has 2 aliphatic heterocycles. The molecule has 6 heteroatoms. The Hall–Kier alpha value is -3.25. The van der Waals surface area contributed by atoms with Crippen LogP contribution in [0.4, 0.5) is 0 Å². The Labute approximate surface area is 210 Å². The third-order valence-electron chi connectivity index (χ3n) is 7.42. The molecule has 4 rings (SSSR count). The number of hydrogen-bond acceptors (Lipinski definition) is 6. The number of benzene rings is 1. The fraction of sp³-hybridized carbons (Fsp3) is 0.414. The standard InChI is InChI=1S/C29H40N6/c1-8-25(27(30)22-13-14-22)28(32-26-15-16-31-35(26)7)29(23-11-9-19(2)10-12-23)34(6)24-17-20(3)21(4)33(5)18-24/h8-12,16-18,22,26-27,29,32H,1,4,13-15,30H2,2-3,5-7H3/b28-25-. The number of hydrazone groups is 1. The number of nitrogens with zero attached hydrogens (tertiary/aromatic N) is 4. The van der Waals surface area contributed by atoms with E-state index < -0.39 is 0 Å². The number of rotatable bonds is 9. The highest BCUT2D eigenvalue weighted by Gasteiger charge is 2.35. The zero-order chi connectivity index (χ0) is 25.3. The summed E-state index contributed by atoms with van der Waals surface area (Å²) in [5, 5.41) is 10.3. The lowest BCUT2D eigenvalue weighted by atomic mass is 9.92. The molecule has 1 aromatic rings. The van der Waals surface area contributed by atoms with E-state index >= 15 is 0 Å². The minimum Gasteiger partial charge on any atom is -0.365 e. The van der Waals surface area contributed by atoms with Crippen LogP contribution in [-0.4, -0.2) is 54.4 Å². The van der Waals surface area contributed by atoms with Crippen LogP contribution in [0, 0.1) is 12.8 Å². The number of likely N-dealkylation sites (N-methyl/N-ethyl adjacent to an activating group) is 2. The van der Waals surface area contributed by atoms with E-state index in [1.54, 1.807) is 0 Å². The summed E-state index contributed by atoms with van der Waals surface area (Å²) in [6, 6.07) is 8.66. The highest BCUT2D eigenvalue weighted by atomic mass is 15.5. The Bertz CT molecular complexity index is 1090. The molecule has 3 atom stereocenters. The molecule has 0 spiro atoms. The van der Waals surface area contributed by atoms with Crippen molar-refractivity contribution in [2.24, 2.45) is 16.8 Å². The molecule has 3 unspecified atom stereocenters. The smallest absolute Gasteiger partial charge is 0.120 e. The number of allylic oxidation sites excluding steroid dienone is 2. The summed E-state index contributed by atoms with van der Waals surface area (Å²) < 4.78 is 0. The molecule has 0 aromatic heterocycles. The minimum atomic E-state index is -0.0857. The fourth-order valence-corrected chi connectivity index (χ4v) is 4.87. The van der Waals surface area contributed by atoms with E-state index in [1.807, 2.05) is 31.4 Å². The summed E-state index contributed by atoms with van der Waals surface area (Å²) >= 11 is 0. The summed E-state index contributed by atoms with van der Waals surface area (Å²) in [5.41, 5.74) is 14.7. The van der Waals surface area contributed by atoms with E-state index in [9.17, 15) is 0 Å². The maximum Gasteiger partial charge on any atom is 0.120 e. The van der Waals surface area contributed by atoms with Crippen molar-refractivity contribution in [3.05, 3.63) is 95.1 Å². The van der Waals surface area contributed by atoms with Crippen molar-refractivity contribution in [1.29, 1.82) is 0 Å². The van der Waals surface area contributed by atoms with Gasteiger partial charge in [-0.1, -0.05) is 49.1 Å². The molecule has 0 bridgehead atoms. The third-order valence-corrected chi connectivity index (χ3v) is 7.42. The second kappa shape index (κ2) is 10.2. The third kappa shape index (κ3) is 5.22. The first-order chi connectivity index (χ1) is 16.7. The highest BCUT2D eigenvalue weighted by molar-refractivity contribution is 5.60. The van der Waals surface area contributed by atoms with Crippen molar-refractivity contribution < 1.29 is 0 Å². The van der Waals surface area contributed by atoms with Crippen LogP contribution >= 0.6 is 0 Å². The van der Waals surface area contributed by atoms with Crippen LogP contribution in [0.2, 0.25) is 0 Å². The van der Waals surface area contributed by atoms with Crippen LogP contribution in [0.15, 0.2) is 89.1 Å². The maximum absolute atomic E-state index is 6.85. The van der Waals surface area contributed by atoms with Gasteiger partial charge in [0, 0.05) is 57.4 Å². The van der Waals surface area contributed by atoms with Crippen LogP contribution in [0.1, 0.15) is 43.4 Å². The van der Waals surface area contributed by atoms with Gasteiger partial charge in [-0.15, -0.1) is 0 Å². The van der Waals surface area contributed by atoms with Crippen molar-refractivity contribution in [3.8, 4) is 0 Å². The van der Waals surface area contributed by atoms with E-state index in [1.165, 1.54) is 24.0 Å². The number of nitrogens with two attached hydrogens (primary N) is 1. The van der Waals surface area contributed by atoms with Crippen molar-refractivity contribution in [3.63, 3.8) is 0 Å². The molecule has 1 saturated carbocycles. The molecule has 3 aliphatic rings. The number of aryl methyl sites for hydroxylation is 1. The van der Waals surface area contributed by atoms with E-state index in [-0.39, 0.29) is 18.2 Å². The van der Waals surface area contributed by atoms with E-state index in [0.29, 0.717) is 5.92 Å². The maximum atomic E-state index is 6.85. The lowest BCUT2D eigenvalue weighted by Crippen LogP contribution is -2.43. The topological polar surface area (TPSA) is 60.1 Å². The zero-order valence-electron chi connectivity index (χ0n) is 21.8. The summed E-state index contributed by atoms with van der Waals surface area (Å²) in [6.45, 7) is 12.7. The predicted molar refractivity (Wildman–Crippen MR) is 146 cm³/mol. The first kappa shape index (κ1) is 24.9. The lowest BCUT2D eigenvalue weighted by Gasteiger charge is -2.39. The second-order valence-electron chi connectivity index (χ2n) is 10.1. The SMILES string of the molecule is C=C/C(=C(/NC1CC=NN1C)C(c1ccc(C)cc1)N(C)C1=CN(C)C(=C)C(C)=C1)C(N)C1CC1. The first-order valence-electron chi connectivity index (χ1n) is 12.5. The van der Waals surface area contributed by atoms with Gasteiger partial charge in [-0.25, -0.2) is 0 Å². The zero-order valence-corrected chi connectivity index (χ0v) is 21.8. The van der Waals surface area contributed by atoms with Gasteiger partial charge >= 0.3 is 0 Å². The van der Waals surface area contributed by atoms with E-state index in [2.05, 4.69) is 90.8 Å². The Balaban J connectivity index is 1.86. The van der Waals surface area contributed by atoms with Gasteiger partial charge in [0.1, 0.15) is 6.17 Å². The van der Waals surface area contributed by atoms with Crippen LogP contribution in [0.3, 0.4) is 0 Å². The van der Waals surface area contributed by atoms with Gasteiger partial charge < -0.3 is 20.9 Å². The van der Waals surface area contributed by atoms with Gasteiger partial charge in [-0.3, -0.25) is 5.01 Å². The Morgan fingerprint density at radius 1 is 1.23 bits per heavy atom. The molecule has 0 amide bonds.